The van der Waals surface area contributed by atoms with Crippen LogP contribution in [0.15, 0.2) is 50.3 Å². The van der Waals surface area contributed by atoms with Crippen molar-refractivity contribution in [1.29, 1.82) is 5.26 Å². The molecule has 0 saturated heterocycles. The van der Waals surface area contributed by atoms with Crippen molar-refractivity contribution in [3.63, 3.8) is 0 Å². The highest BCUT2D eigenvalue weighted by Crippen LogP contribution is 2.35. The van der Waals surface area contributed by atoms with Gasteiger partial charge in [0.15, 0.2) is 0 Å². The van der Waals surface area contributed by atoms with Crippen molar-refractivity contribution in [2.75, 3.05) is 26.4 Å². The summed E-state index contributed by atoms with van der Waals surface area (Å²) in [6.45, 7) is 1.35. The van der Waals surface area contributed by atoms with Crippen LogP contribution in [0.4, 0.5) is 0 Å². The van der Waals surface area contributed by atoms with Crippen LogP contribution >= 0.6 is 47.8 Å². The van der Waals surface area contributed by atoms with Gasteiger partial charge in [-0.2, -0.15) is 5.26 Å². The monoisotopic (exact) mass is 644 g/mol. The molecule has 5 rings (SSSR count). The zero-order chi connectivity index (χ0) is 24.1. The number of hydrogen-bond acceptors (Lipinski definition) is 8. The van der Waals surface area contributed by atoms with Gasteiger partial charge in [-0.1, -0.05) is 31.9 Å². The smallest absolute Gasteiger partial charge is 0.282 e. The van der Waals surface area contributed by atoms with Gasteiger partial charge in [-0.15, -0.1) is 0 Å². The molecule has 2 unspecified atom stereocenters. The van der Waals surface area contributed by atoms with Crippen molar-refractivity contribution in [1.82, 2.24) is 0 Å². The Morgan fingerprint density at radius 3 is 2.00 bits per heavy atom. The summed E-state index contributed by atoms with van der Waals surface area (Å²) in [6, 6.07) is 12.1. The summed E-state index contributed by atoms with van der Waals surface area (Å²) in [5.74, 6) is 1.79. The first-order valence-corrected chi connectivity index (χ1v) is 12.3. The van der Waals surface area contributed by atoms with Crippen LogP contribution < -0.4 is 20.9 Å². The first kappa shape index (κ1) is 25.8. The van der Waals surface area contributed by atoms with Crippen molar-refractivity contribution < 1.29 is 19.3 Å². The minimum absolute atomic E-state index is 0.0566. The number of aliphatic hydroxyl groups is 1. The number of rotatable bonds is 1. The van der Waals surface area contributed by atoms with E-state index in [0.29, 0.717) is 26.2 Å². The van der Waals surface area contributed by atoms with Gasteiger partial charge in [0.25, 0.3) is 6.02 Å². The van der Waals surface area contributed by atoms with Gasteiger partial charge in [0, 0.05) is 31.3 Å². The van der Waals surface area contributed by atoms with Crippen molar-refractivity contribution in [2.24, 2.45) is 16.5 Å². The van der Waals surface area contributed by atoms with Gasteiger partial charge >= 0.3 is 0 Å². The number of benzene rings is 2. The van der Waals surface area contributed by atoms with Crippen molar-refractivity contribution in [3.05, 3.63) is 56.5 Å². The molecule has 3 aliphatic heterocycles. The minimum atomic E-state index is -0.631. The van der Waals surface area contributed by atoms with Crippen LogP contribution in [0.2, 0.25) is 0 Å². The number of nitrogens with zero attached hydrogens (tertiary/aromatic N) is 2. The number of ether oxygens (including phenoxy) is 3. The molecule has 3 heterocycles. The molecule has 11 heteroatoms. The lowest BCUT2D eigenvalue weighted by atomic mass is 9.91. The van der Waals surface area contributed by atoms with Crippen LogP contribution in [0, 0.1) is 10.2 Å². The number of fused-ring (bicyclic) bond motifs is 2. The molecule has 5 N–H and O–H groups in total. The topological polar surface area (TPSA) is 136 Å². The average molecular weight is 647 g/mol. The summed E-state index contributed by atoms with van der Waals surface area (Å²) in [5.41, 5.74) is 12.7. The number of nitrogens with two attached hydrogens (primary N) is 2. The number of aliphatic hydroxyl groups excluding tert-OH is 1. The molecular formula is C22H23Br3N4O4. The highest BCUT2D eigenvalue weighted by Gasteiger charge is 2.41. The fourth-order valence-electron chi connectivity index (χ4n) is 3.70. The van der Waals surface area contributed by atoms with E-state index in [1.807, 2.05) is 30.3 Å². The summed E-state index contributed by atoms with van der Waals surface area (Å²) < 4.78 is 18.5. The molecule has 8 nitrogen and oxygen atoms in total. The van der Waals surface area contributed by atoms with Gasteiger partial charge < -0.3 is 30.8 Å². The van der Waals surface area contributed by atoms with Gasteiger partial charge in [0.05, 0.1) is 12.1 Å². The third-order valence-corrected chi connectivity index (χ3v) is 6.26. The van der Waals surface area contributed by atoms with Crippen LogP contribution in [0.5, 0.6) is 11.5 Å². The molecule has 1 spiro atoms. The number of amidine groups is 1. The Kier molecular flexibility index (Phi) is 8.64. The van der Waals surface area contributed by atoms with Crippen molar-refractivity contribution >= 4 is 53.8 Å². The van der Waals surface area contributed by atoms with E-state index < -0.39 is 5.54 Å². The third kappa shape index (κ3) is 6.61. The Labute approximate surface area is 217 Å². The molecule has 0 amide bonds. The highest BCUT2D eigenvalue weighted by atomic mass is 79.9. The number of aliphatic imine (C=N–C) groups is 1. The van der Waals surface area contributed by atoms with E-state index in [1.165, 1.54) is 0 Å². The molecule has 0 fully saturated rings. The molecule has 2 aromatic carbocycles. The van der Waals surface area contributed by atoms with E-state index in [0.717, 1.165) is 38.0 Å². The molecule has 0 bridgehead atoms. The molecule has 2 atom stereocenters. The third-order valence-electron chi connectivity index (χ3n) is 5.27. The normalized spacial score (nSPS) is 24.1. The van der Waals surface area contributed by atoms with Gasteiger partial charge in [-0.3, -0.25) is 0 Å². The van der Waals surface area contributed by atoms with Gasteiger partial charge in [0.1, 0.15) is 41.8 Å². The van der Waals surface area contributed by atoms with Gasteiger partial charge in [-0.05, 0) is 53.9 Å². The minimum Gasteiger partial charge on any atom is -0.491 e. The van der Waals surface area contributed by atoms with E-state index in [2.05, 4.69) is 58.8 Å². The van der Waals surface area contributed by atoms with Crippen molar-refractivity contribution in [3.8, 4) is 16.5 Å². The van der Waals surface area contributed by atoms with E-state index in [4.69, 9.17) is 36.0 Å². The number of nitriles is 1. The molecule has 0 radical (unpaired) electrons. The highest BCUT2D eigenvalue weighted by molar-refractivity contribution is 9.12. The predicted molar refractivity (Wildman–Crippen MR) is 136 cm³/mol. The molecule has 0 aromatic heterocycles. The second kappa shape index (κ2) is 11.1. The number of hydrogen-bond donors (Lipinski definition) is 3. The van der Waals surface area contributed by atoms with Crippen LogP contribution in [0.1, 0.15) is 11.1 Å². The Morgan fingerprint density at radius 2 is 1.48 bits per heavy atom. The molecule has 2 aromatic rings. The van der Waals surface area contributed by atoms with Crippen LogP contribution in [0.25, 0.3) is 0 Å². The van der Waals surface area contributed by atoms with E-state index >= 15 is 0 Å². The molecule has 176 valence electrons. The maximum atomic E-state index is 9.13. The summed E-state index contributed by atoms with van der Waals surface area (Å²) in [4.78, 5) is 5.90. The first-order valence-electron chi connectivity index (χ1n) is 9.91. The molecule has 3 aliphatic rings. The zero-order valence-electron chi connectivity index (χ0n) is 17.6. The van der Waals surface area contributed by atoms with Crippen molar-refractivity contribution in [2.45, 2.75) is 23.9 Å². The molecule has 0 saturated carbocycles. The summed E-state index contributed by atoms with van der Waals surface area (Å²) >= 11 is 9.29. The largest absolute Gasteiger partial charge is 0.491 e. The maximum absolute atomic E-state index is 9.13. The summed E-state index contributed by atoms with van der Waals surface area (Å²) in [7, 11) is 0. The Morgan fingerprint density at radius 1 is 0.970 bits per heavy atom. The second-order valence-electron chi connectivity index (χ2n) is 8.00. The van der Waals surface area contributed by atoms with Crippen LogP contribution in [-0.4, -0.2) is 48.6 Å². The van der Waals surface area contributed by atoms with Crippen LogP contribution in [-0.2, 0) is 17.6 Å². The van der Waals surface area contributed by atoms with E-state index in [9.17, 15) is 0 Å². The SMILES string of the molecule is N#CBr.NC1(CO)COc2ccc(Br)cc2C1.NC1=NC2(CO1)COc1ccc(Br)cc1C2. The molecule has 33 heavy (non-hydrogen) atoms. The first-order chi connectivity index (χ1) is 15.7. The predicted octanol–water partition coefficient (Wildman–Crippen LogP) is 3.40. The quantitative estimate of drug-likeness (QED) is 0.432. The van der Waals surface area contributed by atoms with Gasteiger partial charge in [0.2, 0.25) is 0 Å². The summed E-state index contributed by atoms with van der Waals surface area (Å²) in [5, 5.41) is 16.4. The Hall–Kier alpha value is -1.84. The lowest BCUT2D eigenvalue weighted by Crippen LogP contribution is -2.53. The Bertz CT molecular complexity index is 1080. The van der Waals surface area contributed by atoms with E-state index in [-0.39, 0.29) is 18.2 Å². The fraction of sp³-hybridized carbons (Fsp3) is 0.364. The van der Waals surface area contributed by atoms with Gasteiger partial charge in [-0.25, -0.2) is 4.99 Å². The second-order valence-corrected chi connectivity index (χ2v) is 10.2. The lowest BCUT2D eigenvalue weighted by Gasteiger charge is -2.32. The average Bonchev–Trinajstić information content (AvgIpc) is 3.13. The zero-order valence-corrected chi connectivity index (χ0v) is 22.3. The Balaban J connectivity index is 0.000000168. The lowest BCUT2D eigenvalue weighted by molar-refractivity contribution is 0.118. The standard InChI is InChI=1S/C11H11BrN2O2.C10H12BrNO2.CBrN/c12-8-1-2-9-7(3-8)4-11(5-15-9)6-16-10(13)14-11;11-8-1-2-9-7(3-8)4-10(12,5-13)6-14-9;2-1-3/h1-3H,4-6H2,(H2,13,14);1-3,13H,4-6,12H2;. The fourth-order valence-corrected chi connectivity index (χ4v) is 4.51. The maximum Gasteiger partial charge on any atom is 0.282 e. The molecular weight excluding hydrogens is 624 g/mol. The molecule has 0 aliphatic carbocycles. The van der Waals surface area contributed by atoms with Crippen LogP contribution in [0.3, 0.4) is 0 Å². The van der Waals surface area contributed by atoms with E-state index in [1.54, 1.807) is 4.98 Å². The summed E-state index contributed by atoms with van der Waals surface area (Å²) in [6.07, 6.45) is 1.46. The number of halogens is 3.